The molecule has 0 N–H and O–H groups in total. The van der Waals surface area contributed by atoms with Crippen molar-refractivity contribution in [3.8, 4) is 0 Å². The number of hydrogen-bond acceptors (Lipinski definition) is 0. The molecule has 1 unspecified atom stereocenters. The molecule has 16 heavy (non-hydrogen) atoms. The van der Waals surface area contributed by atoms with Gasteiger partial charge in [-0.3, -0.25) is 0 Å². The zero-order valence-corrected chi connectivity index (χ0v) is 10.9. The van der Waals surface area contributed by atoms with Gasteiger partial charge in [-0.05, 0) is 23.6 Å². The molecule has 2 aromatic rings. The Hall–Kier alpha value is -1.08. The van der Waals surface area contributed by atoms with Crippen molar-refractivity contribution in [2.75, 3.05) is 5.33 Å². The minimum atomic E-state index is 0.447. The summed E-state index contributed by atoms with van der Waals surface area (Å²) in [6, 6.07) is 19.2. The number of benzene rings is 2. The second kappa shape index (κ2) is 5.31. The zero-order valence-electron chi connectivity index (χ0n) is 9.36. The summed E-state index contributed by atoms with van der Waals surface area (Å²) >= 11 is 3.62. The van der Waals surface area contributed by atoms with Crippen LogP contribution in [0.3, 0.4) is 0 Å². The summed E-state index contributed by atoms with van der Waals surface area (Å²) in [6.45, 7) is 2.17. The molecule has 0 aliphatic heterocycles. The topological polar surface area (TPSA) is 0 Å². The molecular formula is C15H15Br. The molecule has 0 radical (unpaired) electrons. The standard InChI is InChI=1S/C15H15Br/c1-12-7-5-6-10-14(12)15(11-16)13-8-3-2-4-9-13/h2-10,15H,11H2,1H3. The SMILES string of the molecule is Cc1ccccc1C(CBr)c1ccccc1. The summed E-state index contributed by atoms with van der Waals surface area (Å²) in [5.41, 5.74) is 4.13. The number of halogens is 1. The molecule has 0 aliphatic carbocycles. The van der Waals surface area contributed by atoms with Crippen LogP contribution in [0.15, 0.2) is 54.6 Å². The molecule has 82 valence electrons. The molecule has 0 nitrogen and oxygen atoms in total. The minimum absolute atomic E-state index is 0.447. The Morgan fingerprint density at radius 2 is 1.56 bits per heavy atom. The lowest BCUT2D eigenvalue weighted by molar-refractivity contribution is 0.931. The fourth-order valence-electron chi connectivity index (χ4n) is 2.01. The Bertz CT molecular complexity index is 448. The summed E-state index contributed by atoms with van der Waals surface area (Å²) in [7, 11) is 0. The first-order valence-corrected chi connectivity index (χ1v) is 6.61. The van der Waals surface area contributed by atoms with E-state index in [1.165, 1.54) is 16.7 Å². The highest BCUT2D eigenvalue weighted by Crippen LogP contribution is 2.28. The van der Waals surface area contributed by atoms with E-state index in [0.29, 0.717) is 5.92 Å². The Labute approximate surface area is 105 Å². The lowest BCUT2D eigenvalue weighted by Gasteiger charge is -2.17. The summed E-state index contributed by atoms with van der Waals surface area (Å²) in [5.74, 6) is 0.447. The summed E-state index contributed by atoms with van der Waals surface area (Å²) in [6.07, 6.45) is 0. The van der Waals surface area contributed by atoms with Crippen molar-refractivity contribution in [2.45, 2.75) is 12.8 Å². The fraction of sp³-hybridized carbons (Fsp3) is 0.200. The van der Waals surface area contributed by atoms with Crippen LogP contribution in [0.25, 0.3) is 0 Å². The molecule has 2 rings (SSSR count). The van der Waals surface area contributed by atoms with Crippen LogP contribution in [0.4, 0.5) is 0 Å². The lowest BCUT2D eigenvalue weighted by atomic mass is 9.90. The van der Waals surface area contributed by atoms with Crippen molar-refractivity contribution in [3.05, 3.63) is 71.3 Å². The minimum Gasteiger partial charge on any atom is -0.0918 e. The van der Waals surface area contributed by atoms with Gasteiger partial charge in [-0.2, -0.15) is 0 Å². The van der Waals surface area contributed by atoms with Crippen molar-refractivity contribution < 1.29 is 0 Å². The largest absolute Gasteiger partial charge is 0.0918 e. The van der Waals surface area contributed by atoms with Gasteiger partial charge in [0.25, 0.3) is 0 Å². The highest BCUT2D eigenvalue weighted by molar-refractivity contribution is 9.09. The molecular weight excluding hydrogens is 260 g/mol. The van der Waals surface area contributed by atoms with Crippen LogP contribution in [0.5, 0.6) is 0 Å². The molecule has 0 aromatic heterocycles. The first-order valence-electron chi connectivity index (χ1n) is 5.49. The average Bonchev–Trinajstić information content (AvgIpc) is 2.34. The molecule has 0 aliphatic rings. The molecule has 0 heterocycles. The van der Waals surface area contributed by atoms with Crippen LogP contribution >= 0.6 is 15.9 Å². The summed E-state index contributed by atoms with van der Waals surface area (Å²) < 4.78 is 0. The molecule has 0 spiro atoms. The van der Waals surface area contributed by atoms with Crippen LogP contribution in [0, 0.1) is 6.92 Å². The van der Waals surface area contributed by atoms with Gasteiger partial charge in [0.2, 0.25) is 0 Å². The van der Waals surface area contributed by atoms with Gasteiger partial charge in [-0.25, -0.2) is 0 Å². The lowest BCUT2D eigenvalue weighted by Crippen LogP contribution is -2.04. The maximum Gasteiger partial charge on any atom is 0.0189 e. The molecule has 0 saturated heterocycles. The van der Waals surface area contributed by atoms with Crippen LogP contribution in [0.1, 0.15) is 22.6 Å². The first kappa shape index (κ1) is 11.4. The second-order valence-electron chi connectivity index (χ2n) is 3.97. The van der Waals surface area contributed by atoms with Gasteiger partial charge in [0.05, 0.1) is 0 Å². The molecule has 0 fully saturated rings. The first-order chi connectivity index (χ1) is 7.83. The van der Waals surface area contributed by atoms with Crippen LogP contribution < -0.4 is 0 Å². The number of aryl methyl sites for hydroxylation is 1. The van der Waals surface area contributed by atoms with E-state index >= 15 is 0 Å². The Morgan fingerprint density at radius 1 is 0.938 bits per heavy atom. The third kappa shape index (κ3) is 2.35. The van der Waals surface area contributed by atoms with Gasteiger partial charge < -0.3 is 0 Å². The van der Waals surface area contributed by atoms with E-state index in [9.17, 15) is 0 Å². The third-order valence-electron chi connectivity index (χ3n) is 2.92. The monoisotopic (exact) mass is 274 g/mol. The average molecular weight is 275 g/mol. The van der Waals surface area contributed by atoms with Crippen LogP contribution in [-0.4, -0.2) is 5.33 Å². The van der Waals surface area contributed by atoms with Crippen LogP contribution in [-0.2, 0) is 0 Å². The number of hydrogen-bond donors (Lipinski definition) is 0. The van der Waals surface area contributed by atoms with E-state index < -0.39 is 0 Å². The van der Waals surface area contributed by atoms with Gasteiger partial charge in [0.15, 0.2) is 0 Å². The maximum atomic E-state index is 3.62. The zero-order chi connectivity index (χ0) is 11.4. The number of alkyl halides is 1. The molecule has 0 bridgehead atoms. The Kier molecular flexibility index (Phi) is 3.79. The predicted molar refractivity (Wildman–Crippen MR) is 73.3 cm³/mol. The molecule has 1 heteroatoms. The van der Waals surface area contributed by atoms with E-state index in [1.807, 2.05) is 0 Å². The van der Waals surface area contributed by atoms with Crippen molar-refractivity contribution >= 4 is 15.9 Å². The van der Waals surface area contributed by atoms with Crippen molar-refractivity contribution in [1.29, 1.82) is 0 Å². The van der Waals surface area contributed by atoms with Crippen molar-refractivity contribution in [1.82, 2.24) is 0 Å². The normalized spacial score (nSPS) is 12.4. The highest BCUT2D eigenvalue weighted by atomic mass is 79.9. The van der Waals surface area contributed by atoms with Crippen molar-refractivity contribution in [2.24, 2.45) is 0 Å². The summed E-state index contributed by atoms with van der Waals surface area (Å²) in [5, 5.41) is 0.960. The van der Waals surface area contributed by atoms with Crippen LogP contribution in [0.2, 0.25) is 0 Å². The van der Waals surface area contributed by atoms with Crippen molar-refractivity contribution in [3.63, 3.8) is 0 Å². The number of rotatable bonds is 3. The van der Waals surface area contributed by atoms with E-state index in [4.69, 9.17) is 0 Å². The van der Waals surface area contributed by atoms with E-state index in [2.05, 4.69) is 77.5 Å². The Balaban J connectivity index is 2.41. The van der Waals surface area contributed by atoms with Gasteiger partial charge >= 0.3 is 0 Å². The smallest absolute Gasteiger partial charge is 0.0189 e. The quantitative estimate of drug-likeness (QED) is 0.722. The van der Waals surface area contributed by atoms with Gasteiger partial charge in [0, 0.05) is 11.2 Å². The molecule has 0 amide bonds. The van der Waals surface area contributed by atoms with Gasteiger partial charge in [0.1, 0.15) is 0 Å². The molecule has 2 aromatic carbocycles. The predicted octanol–water partition coefficient (Wildman–Crippen LogP) is 4.52. The Morgan fingerprint density at radius 3 is 2.19 bits per heavy atom. The highest BCUT2D eigenvalue weighted by Gasteiger charge is 2.13. The van der Waals surface area contributed by atoms with Gasteiger partial charge in [-0.1, -0.05) is 70.5 Å². The van der Waals surface area contributed by atoms with Gasteiger partial charge in [-0.15, -0.1) is 0 Å². The maximum absolute atomic E-state index is 3.62. The molecule has 0 saturated carbocycles. The second-order valence-corrected chi connectivity index (χ2v) is 4.62. The van der Waals surface area contributed by atoms with E-state index in [-0.39, 0.29) is 0 Å². The summed E-state index contributed by atoms with van der Waals surface area (Å²) in [4.78, 5) is 0. The fourth-order valence-corrected chi connectivity index (χ4v) is 2.74. The third-order valence-corrected chi connectivity index (χ3v) is 3.57. The van der Waals surface area contributed by atoms with E-state index in [1.54, 1.807) is 0 Å². The molecule has 1 atom stereocenters. The van der Waals surface area contributed by atoms with E-state index in [0.717, 1.165) is 5.33 Å².